The molecule has 1 nitrogen and oxygen atoms in total. The van der Waals surface area contributed by atoms with Gasteiger partial charge >= 0.3 is 0 Å². The smallest absolute Gasteiger partial charge is 0.130 e. The van der Waals surface area contributed by atoms with E-state index in [2.05, 4.69) is 0 Å². The Labute approximate surface area is 105 Å². The van der Waals surface area contributed by atoms with Crippen LogP contribution in [0.1, 0.15) is 11.1 Å². The lowest BCUT2D eigenvalue weighted by Crippen LogP contribution is -1.88. The van der Waals surface area contributed by atoms with Crippen LogP contribution >= 0.6 is 11.6 Å². The van der Waals surface area contributed by atoms with Crippen molar-refractivity contribution in [2.45, 2.75) is 12.8 Å². The molecule has 0 radical (unpaired) electrons. The Balaban J connectivity index is 2.23. The highest BCUT2D eigenvalue weighted by Crippen LogP contribution is 2.24. The normalized spacial score (nSPS) is 10.3. The monoisotopic (exact) mass is 250 g/mol. The van der Waals surface area contributed by atoms with Crippen molar-refractivity contribution in [1.29, 1.82) is 0 Å². The van der Waals surface area contributed by atoms with Crippen LogP contribution in [0.3, 0.4) is 0 Å². The summed E-state index contributed by atoms with van der Waals surface area (Å²) < 4.78 is 18.8. The standard InChI is InChI=1S/C14H12ClFO/c1-10-2-4-13(5-3-10)17-14-7-11(9-15)6-12(16)8-14/h2-8H,9H2,1H3. The van der Waals surface area contributed by atoms with Gasteiger partial charge in [-0.15, -0.1) is 11.6 Å². The SMILES string of the molecule is Cc1ccc(Oc2cc(F)cc(CCl)c2)cc1. The summed E-state index contributed by atoms with van der Waals surface area (Å²) in [4.78, 5) is 0. The van der Waals surface area contributed by atoms with E-state index < -0.39 is 0 Å². The molecule has 0 saturated heterocycles. The van der Waals surface area contributed by atoms with Crippen LogP contribution in [0.4, 0.5) is 4.39 Å². The molecule has 2 aromatic carbocycles. The van der Waals surface area contributed by atoms with Gasteiger partial charge < -0.3 is 4.74 Å². The van der Waals surface area contributed by atoms with E-state index in [1.807, 2.05) is 31.2 Å². The second kappa shape index (κ2) is 5.19. The summed E-state index contributed by atoms with van der Waals surface area (Å²) in [5.41, 5.74) is 1.85. The molecule has 17 heavy (non-hydrogen) atoms. The molecule has 88 valence electrons. The summed E-state index contributed by atoms with van der Waals surface area (Å²) >= 11 is 5.67. The molecular weight excluding hydrogens is 239 g/mol. The molecule has 0 fully saturated rings. The van der Waals surface area contributed by atoms with Gasteiger partial charge in [0.15, 0.2) is 0 Å². The third-order valence-corrected chi connectivity index (χ3v) is 2.65. The zero-order chi connectivity index (χ0) is 12.3. The third-order valence-electron chi connectivity index (χ3n) is 2.34. The first-order valence-electron chi connectivity index (χ1n) is 5.27. The molecule has 0 aliphatic rings. The maximum absolute atomic E-state index is 13.2. The molecule has 0 aliphatic carbocycles. The first-order chi connectivity index (χ1) is 8.17. The lowest BCUT2D eigenvalue weighted by molar-refractivity contribution is 0.476. The number of rotatable bonds is 3. The molecule has 0 N–H and O–H groups in total. The lowest BCUT2D eigenvalue weighted by Gasteiger charge is -2.07. The van der Waals surface area contributed by atoms with Crippen LogP contribution in [-0.4, -0.2) is 0 Å². The molecule has 0 atom stereocenters. The average Bonchev–Trinajstić information content (AvgIpc) is 2.31. The van der Waals surface area contributed by atoms with Crippen molar-refractivity contribution in [1.82, 2.24) is 0 Å². The van der Waals surface area contributed by atoms with Gasteiger partial charge in [0.1, 0.15) is 17.3 Å². The van der Waals surface area contributed by atoms with Gasteiger partial charge in [-0.1, -0.05) is 17.7 Å². The van der Waals surface area contributed by atoms with Crippen molar-refractivity contribution < 1.29 is 9.13 Å². The number of ether oxygens (including phenoxy) is 1. The summed E-state index contributed by atoms with van der Waals surface area (Å²) in [6.45, 7) is 2.00. The molecule has 0 saturated carbocycles. The highest BCUT2D eigenvalue weighted by molar-refractivity contribution is 6.17. The van der Waals surface area contributed by atoms with Gasteiger partial charge in [-0.3, -0.25) is 0 Å². The summed E-state index contributed by atoms with van der Waals surface area (Å²) in [6, 6.07) is 12.1. The van der Waals surface area contributed by atoms with Gasteiger partial charge in [0, 0.05) is 11.9 Å². The molecular formula is C14H12ClFO. The van der Waals surface area contributed by atoms with Gasteiger partial charge in [0.25, 0.3) is 0 Å². The fourth-order valence-electron chi connectivity index (χ4n) is 1.50. The van der Waals surface area contributed by atoms with E-state index in [1.54, 1.807) is 6.07 Å². The highest BCUT2D eigenvalue weighted by Gasteiger charge is 2.02. The zero-order valence-corrected chi connectivity index (χ0v) is 10.2. The number of alkyl halides is 1. The number of halogens is 2. The van der Waals surface area contributed by atoms with Gasteiger partial charge in [0.05, 0.1) is 0 Å². The van der Waals surface area contributed by atoms with Crippen LogP contribution in [0.5, 0.6) is 11.5 Å². The molecule has 0 spiro atoms. The second-order valence-corrected chi connectivity index (χ2v) is 4.11. The summed E-state index contributed by atoms with van der Waals surface area (Å²) in [6.07, 6.45) is 0. The number of hydrogen-bond donors (Lipinski definition) is 0. The topological polar surface area (TPSA) is 9.23 Å². The van der Waals surface area contributed by atoms with Crippen molar-refractivity contribution in [3.8, 4) is 11.5 Å². The number of hydrogen-bond acceptors (Lipinski definition) is 1. The number of benzene rings is 2. The average molecular weight is 251 g/mol. The second-order valence-electron chi connectivity index (χ2n) is 3.84. The minimum atomic E-state index is -0.342. The molecule has 0 aromatic heterocycles. The Morgan fingerprint density at radius 3 is 2.41 bits per heavy atom. The molecule has 0 heterocycles. The predicted octanol–water partition coefficient (Wildman–Crippen LogP) is 4.67. The summed E-state index contributed by atoms with van der Waals surface area (Å²) in [5.74, 6) is 1.07. The summed E-state index contributed by atoms with van der Waals surface area (Å²) in [7, 11) is 0. The molecule has 0 aliphatic heterocycles. The molecule has 3 heteroatoms. The minimum Gasteiger partial charge on any atom is -0.457 e. The molecule has 0 unspecified atom stereocenters. The Kier molecular flexibility index (Phi) is 3.64. The van der Waals surface area contributed by atoms with Crippen LogP contribution in [0.2, 0.25) is 0 Å². The van der Waals surface area contributed by atoms with E-state index in [1.165, 1.54) is 12.1 Å². The van der Waals surface area contributed by atoms with E-state index in [0.29, 0.717) is 17.1 Å². The third kappa shape index (κ3) is 3.21. The Morgan fingerprint density at radius 1 is 1.06 bits per heavy atom. The molecule has 2 aromatic rings. The maximum atomic E-state index is 13.2. The van der Waals surface area contributed by atoms with Crippen LogP contribution in [0, 0.1) is 12.7 Å². The summed E-state index contributed by atoms with van der Waals surface area (Å²) in [5, 5.41) is 0. The van der Waals surface area contributed by atoms with E-state index in [0.717, 1.165) is 5.56 Å². The van der Waals surface area contributed by atoms with Gasteiger partial charge in [0.2, 0.25) is 0 Å². The fourth-order valence-corrected chi connectivity index (χ4v) is 1.65. The molecule has 0 bridgehead atoms. The van der Waals surface area contributed by atoms with Gasteiger partial charge in [-0.25, -0.2) is 4.39 Å². The minimum absolute atomic E-state index is 0.266. The molecule has 2 rings (SSSR count). The van der Waals surface area contributed by atoms with Gasteiger partial charge in [-0.2, -0.15) is 0 Å². The molecule has 0 amide bonds. The quantitative estimate of drug-likeness (QED) is 0.720. The first-order valence-corrected chi connectivity index (χ1v) is 5.81. The van der Waals surface area contributed by atoms with Crippen molar-refractivity contribution in [3.05, 3.63) is 59.4 Å². The van der Waals surface area contributed by atoms with Gasteiger partial charge in [-0.05, 0) is 36.8 Å². The Bertz CT molecular complexity index is 508. The van der Waals surface area contributed by atoms with Crippen LogP contribution < -0.4 is 4.74 Å². The van der Waals surface area contributed by atoms with Crippen molar-refractivity contribution >= 4 is 11.6 Å². The zero-order valence-electron chi connectivity index (χ0n) is 9.41. The largest absolute Gasteiger partial charge is 0.457 e. The number of aryl methyl sites for hydroxylation is 1. The van der Waals surface area contributed by atoms with Crippen molar-refractivity contribution in [2.75, 3.05) is 0 Å². The highest BCUT2D eigenvalue weighted by atomic mass is 35.5. The lowest BCUT2D eigenvalue weighted by atomic mass is 10.2. The predicted molar refractivity (Wildman–Crippen MR) is 67.2 cm³/mol. The van der Waals surface area contributed by atoms with Crippen LogP contribution in [0.25, 0.3) is 0 Å². The maximum Gasteiger partial charge on any atom is 0.130 e. The van der Waals surface area contributed by atoms with E-state index in [9.17, 15) is 4.39 Å². The van der Waals surface area contributed by atoms with E-state index in [-0.39, 0.29) is 11.7 Å². The van der Waals surface area contributed by atoms with Crippen molar-refractivity contribution in [2.24, 2.45) is 0 Å². The fraction of sp³-hybridized carbons (Fsp3) is 0.143. The van der Waals surface area contributed by atoms with E-state index in [4.69, 9.17) is 16.3 Å². The van der Waals surface area contributed by atoms with Crippen LogP contribution in [-0.2, 0) is 5.88 Å². The van der Waals surface area contributed by atoms with Crippen molar-refractivity contribution in [3.63, 3.8) is 0 Å². The van der Waals surface area contributed by atoms with Crippen LogP contribution in [0.15, 0.2) is 42.5 Å². The Morgan fingerprint density at radius 2 is 1.76 bits per heavy atom. The Hall–Kier alpha value is -1.54. The first kappa shape index (κ1) is 11.9. The van der Waals surface area contributed by atoms with E-state index >= 15 is 0 Å².